The number of amides is 1. The summed E-state index contributed by atoms with van der Waals surface area (Å²) >= 11 is 0. The number of benzene rings is 1. The third-order valence-electron chi connectivity index (χ3n) is 3.39. The third kappa shape index (κ3) is 5.37. The Labute approximate surface area is 130 Å². The number of hydrogen-bond acceptors (Lipinski definition) is 4. The lowest BCUT2D eigenvalue weighted by Gasteiger charge is -2.23. The Morgan fingerprint density at radius 2 is 1.95 bits per heavy atom. The van der Waals surface area contributed by atoms with Gasteiger partial charge in [-0.25, -0.2) is 0 Å². The first kappa shape index (κ1) is 18.0. The molecule has 1 N–H and O–H groups in total. The molecular weight excluding hydrogens is 286 g/mol. The maximum Gasteiger partial charge on any atom is 0.323 e. The van der Waals surface area contributed by atoms with Gasteiger partial charge in [-0.2, -0.15) is 0 Å². The molecule has 0 bridgehead atoms. The van der Waals surface area contributed by atoms with Gasteiger partial charge in [-0.15, -0.1) is 0 Å². The van der Waals surface area contributed by atoms with Crippen molar-refractivity contribution in [1.82, 2.24) is 4.90 Å². The van der Waals surface area contributed by atoms with Crippen LogP contribution in [-0.4, -0.2) is 55.8 Å². The lowest BCUT2D eigenvalue weighted by Crippen LogP contribution is -2.38. The summed E-state index contributed by atoms with van der Waals surface area (Å²) < 4.78 is 10.2. The summed E-state index contributed by atoms with van der Waals surface area (Å²) in [5.41, 5.74) is 0.931. The zero-order valence-electron chi connectivity index (χ0n) is 13.2. The van der Waals surface area contributed by atoms with Crippen molar-refractivity contribution in [2.24, 2.45) is 0 Å². The molecule has 1 aromatic rings. The largest absolute Gasteiger partial charge is 0.496 e. The van der Waals surface area contributed by atoms with Gasteiger partial charge in [0.15, 0.2) is 0 Å². The zero-order chi connectivity index (χ0) is 16.5. The number of carboxylic acid groups (broad SMARTS) is 1. The van der Waals surface area contributed by atoms with Gasteiger partial charge < -0.3 is 19.5 Å². The van der Waals surface area contributed by atoms with E-state index in [-0.39, 0.29) is 31.3 Å². The monoisotopic (exact) mass is 309 g/mol. The Morgan fingerprint density at radius 1 is 1.27 bits per heavy atom. The van der Waals surface area contributed by atoms with Crippen LogP contribution in [0.4, 0.5) is 0 Å². The van der Waals surface area contributed by atoms with Gasteiger partial charge >= 0.3 is 5.97 Å². The number of methoxy groups -OCH3 is 2. The highest BCUT2D eigenvalue weighted by atomic mass is 16.5. The predicted molar refractivity (Wildman–Crippen MR) is 82.1 cm³/mol. The van der Waals surface area contributed by atoms with E-state index in [0.29, 0.717) is 6.61 Å². The number of nitrogens with zero attached hydrogens (tertiary/aromatic N) is 1. The Bertz CT molecular complexity index is 503. The van der Waals surface area contributed by atoms with Crippen LogP contribution in [0.1, 0.15) is 24.8 Å². The molecule has 1 rings (SSSR count). The number of aliphatic carboxylic acids is 1. The van der Waals surface area contributed by atoms with Gasteiger partial charge in [0.2, 0.25) is 5.91 Å². The van der Waals surface area contributed by atoms with E-state index in [1.54, 1.807) is 7.11 Å². The van der Waals surface area contributed by atoms with Crippen LogP contribution >= 0.6 is 0 Å². The van der Waals surface area contributed by atoms with Crippen molar-refractivity contribution in [3.05, 3.63) is 29.8 Å². The molecule has 6 heteroatoms. The van der Waals surface area contributed by atoms with Gasteiger partial charge in [-0.3, -0.25) is 9.59 Å². The van der Waals surface area contributed by atoms with Crippen molar-refractivity contribution in [2.75, 3.05) is 33.9 Å². The molecule has 122 valence electrons. The normalized spacial score (nSPS) is 11.8. The van der Waals surface area contributed by atoms with Crippen molar-refractivity contribution >= 4 is 11.9 Å². The molecule has 6 nitrogen and oxygen atoms in total. The van der Waals surface area contributed by atoms with Crippen LogP contribution in [0.3, 0.4) is 0 Å². The molecular formula is C16H23NO5. The first-order valence-corrected chi connectivity index (χ1v) is 7.11. The van der Waals surface area contributed by atoms with E-state index in [9.17, 15) is 9.59 Å². The molecule has 0 aromatic heterocycles. The highest BCUT2D eigenvalue weighted by molar-refractivity contribution is 5.82. The number of carbonyl (C=O) groups excluding carboxylic acids is 1. The van der Waals surface area contributed by atoms with E-state index in [0.717, 1.165) is 11.3 Å². The van der Waals surface area contributed by atoms with Gasteiger partial charge in [-0.1, -0.05) is 25.1 Å². The molecule has 0 heterocycles. The molecule has 1 atom stereocenters. The van der Waals surface area contributed by atoms with Crippen LogP contribution in [0.5, 0.6) is 5.75 Å². The summed E-state index contributed by atoms with van der Waals surface area (Å²) in [5.74, 6) is -0.584. The van der Waals surface area contributed by atoms with Gasteiger partial charge in [-0.05, 0) is 17.5 Å². The molecule has 1 amide bonds. The summed E-state index contributed by atoms with van der Waals surface area (Å²) in [4.78, 5) is 24.5. The number of rotatable bonds is 9. The van der Waals surface area contributed by atoms with Gasteiger partial charge in [0, 0.05) is 20.1 Å². The zero-order valence-corrected chi connectivity index (χ0v) is 13.2. The molecule has 0 aliphatic heterocycles. The molecule has 1 unspecified atom stereocenters. The molecule has 0 saturated carbocycles. The second kappa shape index (κ2) is 9.04. The Hall–Kier alpha value is -2.08. The number of carboxylic acids is 1. The molecule has 0 aliphatic carbocycles. The minimum atomic E-state index is -1.03. The Morgan fingerprint density at radius 3 is 2.55 bits per heavy atom. The van der Waals surface area contributed by atoms with Crippen LogP contribution in [0.25, 0.3) is 0 Å². The fourth-order valence-corrected chi connectivity index (χ4v) is 2.23. The summed E-state index contributed by atoms with van der Waals surface area (Å²) in [7, 11) is 3.10. The Kier molecular flexibility index (Phi) is 7.39. The van der Waals surface area contributed by atoms with Crippen molar-refractivity contribution in [3.63, 3.8) is 0 Å². The van der Waals surface area contributed by atoms with E-state index in [4.69, 9.17) is 14.6 Å². The topological polar surface area (TPSA) is 76.1 Å². The SMILES string of the molecule is COCCN(CC(=O)O)C(=O)CC(C)c1ccccc1OC. The fraction of sp³-hybridized carbons (Fsp3) is 0.500. The van der Waals surface area contributed by atoms with Gasteiger partial charge in [0.05, 0.1) is 13.7 Å². The van der Waals surface area contributed by atoms with Crippen molar-refractivity contribution in [1.29, 1.82) is 0 Å². The maximum atomic E-state index is 12.3. The lowest BCUT2D eigenvalue weighted by atomic mass is 9.96. The third-order valence-corrected chi connectivity index (χ3v) is 3.39. The van der Waals surface area contributed by atoms with E-state index in [2.05, 4.69) is 0 Å². The van der Waals surface area contributed by atoms with E-state index in [1.807, 2.05) is 31.2 Å². The van der Waals surface area contributed by atoms with E-state index in [1.165, 1.54) is 12.0 Å². The van der Waals surface area contributed by atoms with Crippen molar-refractivity contribution in [3.8, 4) is 5.75 Å². The molecule has 22 heavy (non-hydrogen) atoms. The van der Waals surface area contributed by atoms with E-state index < -0.39 is 5.97 Å². The molecule has 0 spiro atoms. The number of ether oxygens (including phenoxy) is 2. The number of para-hydroxylation sites is 1. The molecule has 0 radical (unpaired) electrons. The van der Waals surface area contributed by atoms with Crippen molar-refractivity contribution in [2.45, 2.75) is 19.3 Å². The fourth-order valence-electron chi connectivity index (χ4n) is 2.23. The standard InChI is InChI=1S/C16H23NO5/c1-12(13-6-4-5-7-14(13)22-3)10-15(18)17(8-9-21-2)11-16(19)20/h4-7,12H,8-11H2,1-3H3,(H,19,20). The van der Waals surface area contributed by atoms with Crippen molar-refractivity contribution < 1.29 is 24.2 Å². The summed E-state index contributed by atoms with van der Waals surface area (Å²) in [6, 6.07) is 7.51. The summed E-state index contributed by atoms with van der Waals surface area (Å²) in [5, 5.41) is 8.91. The minimum Gasteiger partial charge on any atom is -0.496 e. The highest BCUT2D eigenvalue weighted by Gasteiger charge is 2.21. The summed E-state index contributed by atoms with van der Waals surface area (Å²) in [6.07, 6.45) is 0.220. The first-order valence-electron chi connectivity index (χ1n) is 7.11. The number of hydrogen-bond donors (Lipinski definition) is 1. The lowest BCUT2D eigenvalue weighted by molar-refractivity contribution is -0.145. The van der Waals surface area contributed by atoms with Crippen LogP contribution in [0, 0.1) is 0 Å². The predicted octanol–water partition coefficient (Wildman–Crippen LogP) is 1.75. The molecule has 1 aromatic carbocycles. The first-order chi connectivity index (χ1) is 10.5. The van der Waals surface area contributed by atoms with Crippen LogP contribution in [0.2, 0.25) is 0 Å². The summed E-state index contributed by atoms with van der Waals surface area (Å²) in [6.45, 7) is 2.17. The molecule has 0 saturated heterocycles. The van der Waals surface area contributed by atoms with Gasteiger partial charge in [0.25, 0.3) is 0 Å². The Balaban J connectivity index is 2.76. The molecule has 0 fully saturated rings. The van der Waals surface area contributed by atoms with Gasteiger partial charge in [0.1, 0.15) is 12.3 Å². The smallest absolute Gasteiger partial charge is 0.323 e. The second-order valence-corrected chi connectivity index (χ2v) is 5.05. The average Bonchev–Trinajstić information content (AvgIpc) is 2.50. The van der Waals surface area contributed by atoms with Crippen LogP contribution in [0.15, 0.2) is 24.3 Å². The second-order valence-electron chi connectivity index (χ2n) is 5.05. The quantitative estimate of drug-likeness (QED) is 0.752. The van der Waals surface area contributed by atoms with Crippen LogP contribution in [-0.2, 0) is 14.3 Å². The number of carbonyl (C=O) groups is 2. The highest BCUT2D eigenvalue weighted by Crippen LogP contribution is 2.28. The van der Waals surface area contributed by atoms with E-state index >= 15 is 0 Å². The minimum absolute atomic E-state index is 0.0671. The molecule has 0 aliphatic rings. The average molecular weight is 309 g/mol. The van der Waals surface area contributed by atoms with Crippen LogP contribution < -0.4 is 4.74 Å². The maximum absolute atomic E-state index is 12.3.